The van der Waals surface area contributed by atoms with Gasteiger partial charge in [0.1, 0.15) is 11.5 Å². The van der Waals surface area contributed by atoms with Gasteiger partial charge >= 0.3 is 12.1 Å². The number of rotatable bonds is 9. The van der Waals surface area contributed by atoms with Crippen molar-refractivity contribution in [1.29, 1.82) is 0 Å². The molecular formula is C22H19ClF3NO5. The van der Waals surface area contributed by atoms with Gasteiger partial charge in [-0.2, -0.15) is 13.2 Å². The third kappa shape index (κ3) is 5.80. The molecule has 3 rings (SSSR count). The Bertz CT molecular complexity index is 1180. The van der Waals surface area contributed by atoms with E-state index < -0.39 is 17.7 Å². The van der Waals surface area contributed by atoms with Crippen molar-refractivity contribution in [2.75, 3.05) is 19.7 Å². The minimum Gasteiger partial charge on any atom is -0.493 e. The highest BCUT2D eigenvalue weighted by Gasteiger charge is 2.31. The van der Waals surface area contributed by atoms with Crippen molar-refractivity contribution in [3.63, 3.8) is 0 Å². The van der Waals surface area contributed by atoms with Gasteiger partial charge in [-0.25, -0.2) is 0 Å². The Kier molecular flexibility index (Phi) is 7.42. The molecule has 0 aliphatic carbocycles. The summed E-state index contributed by atoms with van der Waals surface area (Å²) in [4.78, 5) is 22.9. The van der Waals surface area contributed by atoms with E-state index in [-0.39, 0.29) is 51.6 Å². The SMILES string of the molecule is O=C(O)CNCCCCOc1cc(C(F)(F)F)ccc1-c1cc(=O)c2cccc(Cl)c2o1. The first-order valence-corrected chi connectivity index (χ1v) is 10.0. The Labute approximate surface area is 185 Å². The second-order valence-corrected chi connectivity index (χ2v) is 7.33. The molecule has 0 amide bonds. The molecule has 0 fully saturated rings. The quantitative estimate of drug-likeness (QED) is 0.430. The van der Waals surface area contributed by atoms with Crippen LogP contribution >= 0.6 is 11.6 Å². The number of aliphatic carboxylic acids is 1. The van der Waals surface area contributed by atoms with Crippen LogP contribution < -0.4 is 15.5 Å². The number of nitrogens with one attached hydrogen (secondary N) is 1. The fourth-order valence-corrected chi connectivity index (χ4v) is 3.24. The number of carbonyl (C=O) groups is 1. The number of para-hydroxylation sites is 1. The van der Waals surface area contributed by atoms with Crippen LogP contribution in [0, 0.1) is 0 Å². The molecule has 2 N–H and O–H groups in total. The average molecular weight is 470 g/mol. The Morgan fingerprint density at radius 2 is 1.94 bits per heavy atom. The Morgan fingerprint density at radius 1 is 1.16 bits per heavy atom. The standard InChI is InChI=1S/C22H19ClF3NO5/c23-16-5-3-4-14-17(28)11-19(32-21(14)16)15-7-6-13(22(24,25)26)10-18(15)31-9-2-1-8-27-12-20(29)30/h3-7,10-11,27H,1-2,8-9,12H2,(H,29,30). The predicted molar refractivity (Wildman–Crippen MR) is 113 cm³/mol. The van der Waals surface area contributed by atoms with Crippen LogP contribution in [0.25, 0.3) is 22.3 Å². The summed E-state index contributed by atoms with van der Waals surface area (Å²) in [5, 5.41) is 11.7. The number of benzene rings is 2. The van der Waals surface area contributed by atoms with Crippen molar-refractivity contribution in [1.82, 2.24) is 5.32 Å². The van der Waals surface area contributed by atoms with Crippen LogP contribution in [0.3, 0.4) is 0 Å². The Morgan fingerprint density at radius 3 is 2.66 bits per heavy atom. The second kappa shape index (κ2) is 10.1. The molecule has 170 valence electrons. The lowest BCUT2D eigenvalue weighted by atomic mass is 10.1. The van der Waals surface area contributed by atoms with Gasteiger partial charge in [-0.1, -0.05) is 17.7 Å². The van der Waals surface area contributed by atoms with Gasteiger partial charge in [-0.15, -0.1) is 0 Å². The van der Waals surface area contributed by atoms with Crippen LogP contribution in [0.5, 0.6) is 5.75 Å². The van der Waals surface area contributed by atoms with E-state index >= 15 is 0 Å². The molecule has 3 aromatic rings. The van der Waals surface area contributed by atoms with Crippen molar-refractivity contribution < 1.29 is 32.2 Å². The van der Waals surface area contributed by atoms with E-state index in [1.165, 1.54) is 12.1 Å². The number of hydrogen-bond acceptors (Lipinski definition) is 5. The van der Waals surface area contributed by atoms with E-state index in [1.807, 2.05) is 0 Å². The molecule has 0 bridgehead atoms. The van der Waals surface area contributed by atoms with Crippen LogP contribution in [-0.2, 0) is 11.0 Å². The fourth-order valence-electron chi connectivity index (χ4n) is 3.03. The maximum Gasteiger partial charge on any atom is 0.416 e. The highest BCUT2D eigenvalue weighted by Crippen LogP contribution is 2.38. The van der Waals surface area contributed by atoms with Crippen molar-refractivity contribution in [2.45, 2.75) is 19.0 Å². The van der Waals surface area contributed by atoms with E-state index in [0.29, 0.717) is 19.4 Å². The molecule has 32 heavy (non-hydrogen) atoms. The second-order valence-electron chi connectivity index (χ2n) is 6.93. The molecule has 6 nitrogen and oxygen atoms in total. The molecule has 10 heteroatoms. The monoisotopic (exact) mass is 469 g/mol. The van der Waals surface area contributed by atoms with Gasteiger partial charge in [0.15, 0.2) is 11.0 Å². The summed E-state index contributed by atoms with van der Waals surface area (Å²) in [6.07, 6.45) is -3.55. The smallest absolute Gasteiger partial charge is 0.416 e. The molecule has 0 radical (unpaired) electrons. The van der Waals surface area contributed by atoms with Gasteiger partial charge < -0.3 is 19.6 Å². The molecule has 0 aliphatic heterocycles. The molecule has 0 aliphatic rings. The summed E-state index contributed by atoms with van der Waals surface area (Å²) in [5.74, 6) is -1.04. The molecule has 1 heterocycles. The van der Waals surface area contributed by atoms with Gasteiger partial charge in [-0.05, 0) is 49.7 Å². The minimum atomic E-state index is -4.58. The zero-order valence-corrected chi connectivity index (χ0v) is 17.4. The third-order valence-electron chi connectivity index (χ3n) is 4.56. The van der Waals surface area contributed by atoms with Crippen LogP contribution in [0.1, 0.15) is 18.4 Å². The van der Waals surface area contributed by atoms with Crippen LogP contribution in [0.15, 0.2) is 51.7 Å². The van der Waals surface area contributed by atoms with Crippen molar-refractivity contribution in [2.24, 2.45) is 0 Å². The lowest BCUT2D eigenvalue weighted by Gasteiger charge is -2.15. The molecule has 0 unspecified atom stereocenters. The first kappa shape index (κ1) is 23.6. The lowest BCUT2D eigenvalue weighted by molar-refractivity contribution is -0.138. The van der Waals surface area contributed by atoms with Gasteiger partial charge in [-0.3, -0.25) is 9.59 Å². The molecule has 0 spiro atoms. The summed E-state index contributed by atoms with van der Waals surface area (Å²) in [6.45, 7) is 0.326. The number of carboxylic acids is 1. The summed E-state index contributed by atoms with van der Waals surface area (Å²) >= 11 is 6.12. The number of ether oxygens (including phenoxy) is 1. The Balaban J connectivity index is 1.87. The summed E-state index contributed by atoms with van der Waals surface area (Å²) in [6, 6.07) is 8.79. The van der Waals surface area contributed by atoms with Gasteiger partial charge in [0.05, 0.1) is 34.7 Å². The topological polar surface area (TPSA) is 88.8 Å². The number of carboxylic acid groups (broad SMARTS) is 1. The number of fused-ring (bicyclic) bond motifs is 1. The minimum absolute atomic E-state index is 0.0300. The zero-order valence-electron chi connectivity index (χ0n) is 16.7. The summed E-state index contributed by atoms with van der Waals surface area (Å²) in [5.41, 5.74) is -0.979. The lowest BCUT2D eigenvalue weighted by Crippen LogP contribution is -2.23. The normalized spacial score (nSPS) is 11.6. The average Bonchev–Trinajstić information content (AvgIpc) is 2.72. The van der Waals surface area contributed by atoms with E-state index in [4.69, 9.17) is 25.9 Å². The fraction of sp³-hybridized carbons (Fsp3) is 0.273. The van der Waals surface area contributed by atoms with E-state index in [9.17, 15) is 22.8 Å². The summed E-state index contributed by atoms with van der Waals surface area (Å²) in [7, 11) is 0. The summed E-state index contributed by atoms with van der Waals surface area (Å²) < 4.78 is 51.0. The van der Waals surface area contributed by atoms with Gasteiger partial charge in [0.25, 0.3) is 0 Å². The molecule has 0 atom stereocenters. The molecule has 0 saturated carbocycles. The van der Waals surface area contributed by atoms with Crippen molar-refractivity contribution >= 4 is 28.5 Å². The third-order valence-corrected chi connectivity index (χ3v) is 4.86. The molecule has 2 aromatic carbocycles. The molecule has 1 aromatic heterocycles. The van der Waals surface area contributed by atoms with Crippen LogP contribution in [0.2, 0.25) is 5.02 Å². The number of halogens is 4. The zero-order chi connectivity index (χ0) is 23.3. The molecular weight excluding hydrogens is 451 g/mol. The van der Waals surface area contributed by atoms with Gasteiger partial charge in [0.2, 0.25) is 0 Å². The highest BCUT2D eigenvalue weighted by atomic mass is 35.5. The van der Waals surface area contributed by atoms with E-state index in [1.54, 1.807) is 18.2 Å². The number of unbranched alkanes of at least 4 members (excludes halogenated alkanes) is 1. The van der Waals surface area contributed by atoms with Crippen LogP contribution in [-0.4, -0.2) is 30.8 Å². The van der Waals surface area contributed by atoms with Crippen molar-refractivity contribution in [3.8, 4) is 17.1 Å². The van der Waals surface area contributed by atoms with E-state index in [2.05, 4.69) is 5.32 Å². The highest BCUT2D eigenvalue weighted by molar-refractivity contribution is 6.34. The molecule has 0 saturated heterocycles. The van der Waals surface area contributed by atoms with Gasteiger partial charge in [0, 0.05) is 6.07 Å². The van der Waals surface area contributed by atoms with Crippen LogP contribution in [0.4, 0.5) is 13.2 Å². The Hall–Kier alpha value is -3.04. The largest absolute Gasteiger partial charge is 0.493 e. The van der Waals surface area contributed by atoms with E-state index in [0.717, 1.165) is 12.1 Å². The first-order chi connectivity index (χ1) is 15.2. The number of alkyl halides is 3. The maximum atomic E-state index is 13.2. The maximum absolute atomic E-state index is 13.2. The number of hydrogen-bond donors (Lipinski definition) is 2. The first-order valence-electron chi connectivity index (χ1n) is 9.66. The van der Waals surface area contributed by atoms with Crippen molar-refractivity contribution in [3.05, 3.63) is 63.3 Å². The predicted octanol–water partition coefficient (Wildman–Crippen LogP) is 4.97.